The number of carbonyl (C=O) groups is 1. The maximum Gasteiger partial charge on any atom is 0.230 e. The van der Waals surface area contributed by atoms with Crippen molar-refractivity contribution in [3.8, 4) is 0 Å². The molecule has 0 saturated carbocycles. The summed E-state index contributed by atoms with van der Waals surface area (Å²) in [5.74, 6) is 0.642. The highest BCUT2D eigenvalue weighted by Gasteiger charge is 2.16. The standard InChI is InChI=1S/C14H21N3OS/c1-11(13-4-2-3-7-16-13)17-14(18)10-19-12-5-8-15-9-6-12/h2-4,7,11-12,15H,5-6,8-10H2,1H3,(H,17,18)/t11-/m1/s1. The van der Waals surface area contributed by atoms with Crippen molar-refractivity contribution in [2.45, 2.75) is 31.1 Å². The van der Waals surface area contributed by atoms with Gasteiger partial charge in [0.25, 0.3) is 0 Å². The molecule has 4 nitrogen and oxygen atoms in total. The van der Waals surface area contributed by atoms with Gasteiger partial charge in [0.15, 0.2) is 0 Å². The van der Waals surface area contributed by atoms with Gasteiger partial charge >= 0.3 is 0 Å². The minimum atomic E-state index is -0.0256. The van der Waals surface area contributed by atoms with E-state index >= 15 is 0 Å². The van der Waals surface area contributed by atoms with Gasteiger partial charge in [0.05, 0.1) is 17.5 Å². The molecular formula is C14H21N3OS. The van der Waals surface area contributed by atoms with Crippen LogP contribution in [0.4, 0.5) is 0 Å². The van der Waals surface area contributed by atoms with E-state index in [4.69, 9.17) is 0 Å². The number of pyridine rings is 1. The molecule has 1 fully saturated rings. The number of hydrogen-bond acceptors (Lipinski definition) is 4. The third kappa shape index (κ3) is 4.84. The molecular weight excluding hydrogens is 258 g/mol. The lowest BCUT2D eigenvalue weighted by atomic mass is 10.2. The number of nitrogens with one attached hydrogen (secondary N) is 2. The van der Waals surface area contributed by atoms with Gasteiger partial charge in [0, 0.05) is 11.4 Å². The number of rotatable bonds is 5. The van der Waals surface area contributed by atoms with Crippen molar-refractivity contribution in [2.24, 2.45) is 0 Å². The van der Waals surface area contributed by atoms with Crippen LogP contribution in [0, 0.1) is 0 Å². The zero-order valence-electron chi connectivity index (χ0n) is 11.3. The Balaban J connectivity index is 1.71. The molecule has 2 heterocycles. The molecule has 1 aliphatic heterocycles. The minimum absolute atomic E-state index is 0.0256. The quantitative estimate of drug-likeness (QED) is 0.862. The van der Waals surface area contributed by atoms with E-state index in [1.165, 1.54) is 0 Å². The highest BCUT2D eigenvalue weighted by Crippen LogP contribution is 2.20. The summed E-state index contributed by atoms with van der Waals surface area (Å²) in [6.45, 7) is 4.11. The molecule has 1 atom stereocenters. The van der Waals surface area contributed by atoms with Gasteiger partial charge in [0.1, 0.15) is 0 Å². The fraction of sp³-hybridized carbons (Fsp3) is 0.571. The first kappa shape index (κ1) is 14.3. The van der Waals surface area contributed by atoms with E-state index in [0.717, 1.165) is 31.6 Å². The topological polar surface area (TPSA) is 54.0 Å². The van der Waals surface area contributed by atoms with Crippen LogP contribution in [0.25, 0.3) is 0 Å². The second-order valence-corrected chi connectivity index (χ2v) is 6.09. The van der Waals surface area contributed by atoms with Crippen molar-refractivity contribution >= 4 is 17.7 Å². The van der Waals surface area contributed by atoms with Crippen molar-refractivity contribution in [1.82, 2.24) is 15.6 Å². The molecule has 0 unspecified atom stereocenters. The number of thioether (sulfide) groups is 1. The van der Waals surface area contributed by atoms with Gasteiger partial charge in [-0.2, -0.15) is 0 Å². The van der Waals surface area contributed by atoms with E-state index in [-0.39, 0.29) is 11.9 Å². The number of hydrogen-bond donors (Lipinski definition) is 2. The first-order valence-electron chi connectivity index (χ1n) is 6.78. The van der Waals surface area contributed by atoms with Crippen molar-refractivity contribution in [1.29, 1.82) is 0 Å². The van der Waals surface area contributed by atoms with E-state index in [9.17, 15) is 4.79 Å². The summed E-state index contributed by atoms with van der Waals surface area (Å²) in [4.78, 5) is 16.1. The molecule has 0 aliphatic carbocycles. The summed E-state index contributed by atoms with van der Waals surface area (Å²) in [5, 5.41) is 6.95. The molecule has 1 aromatic heterocycles. The highest BCUT2D eigenvalue weighted by atomic mass is 32.2. The molecule has 0 spiro atoms. The van der Waals surface area contributed by atoms with E-state index in [2.05, 4.69) is 15.6 Å². The van der Waals surface area contributed by atoms with Crippen LogP contribution in [0.1, 0.15) is 31.5 Å². The molecule has 0 bridgehead atoms. The lowest BCUT2D eigenvalue weighted by Crippen LogP contribution is -2.32. The predicted octanol–water partition coefficient (Wildman–Crippen LogP) is 1.74. The van der Waals surface area contributed by atoms with Gasteiger partial charge in [-0.15, -0.1) is 11.8 Å². The molecule has 1 saturated heterocycles. The molecule has 1 aromatic rings. The van der Waals surface area contributed by atoms with Crippen molar-refractivity contribution in [2.75, 3.05) is 18.8 Å². The first-order chi connectivity index (χ1) is 9.25. The van der Waals surface area contributed by atoms with Crippen LogP contribution < -0.4 is 10.6 Å². The van der Waals surface area contributed by atoms with Crippen LogP contribution in [-0.4, -0.2) is 35.0 Å². The van der Waals surface area contributed by atoms with Crippen LogP contribution in [0.3, 0.4) is 0 Å². The van der Waals surface area contributed by atoms with Crippen molar-refractivity contribution in [3.05, 3.63) is 30.1 Å². The van der Waals surface area contributed by atoms with E-state index in [1.807, 2.05) is 25.1 Å². The Morgan fingerprint density at radius 2 is 2.32 bits per heavy atom. The molecule has 1 amide bonds. The van der Waals surface area contributed by atoms with Crippen molar-refractivity contribution < 1.29 is 4.79 Å². The number of aromatic nitrogens is 1. The summed E-state index contributed by atoms with van der Waals surface area (Å²) in [6, 6.07) is 5.73. The van der Waals surface area contributed by atoms with Crippen LogP contribution in [-0.2, 0) is 4.79 Å². The molecule has 0 radical (unpaired) electrons. The second-order valence-electron chi connectivity index (χ2n) is 4.80. The van der Waals surface area contributed by atoms with Crippen LogP contribution in [0.15, 0.2) is 24.4 Å². The fourth-order valence-corrected chi connectivity index (χ4v) is 3.18. The molecule has 0 aromatic carbocycles. The summed E-state index contributed by atoms with van der Waals surface area (Å²) in [5.41, 5.74) is 0.905. The summed E-state index contributed by atoms with van der Waals surface area (Å²) >= 11 is 1.77. The van der Waals surface area contributed by atoms with Gasteiger partial charge in [-0.1, -0.05) is 6.07 Å². The first-order valence-corrected chi connectivity index (χ1v) is 7.83. The van der Waals surface area contributed by atoms with E-state index in [1.54, 1.807) is 18.0 Å². The lowest BCUT2D eigenvalue weighted by Gasteiger charge is -2.22. The van der Waals surface area contributed by atoms with Crippen LogP contribution in [0.5, 0.6) is 0 Å². The molecule has 2 rings (SSSR count). The average Bonchev–Trinajstić information content (AvgIpc) is 2.47. The third-order valence-electron chi connectivity index (χ3n) is 3.25. The Hall–Kier alpha value is -1.07. The molecule has 2 N–H and O–H groups in total. The molecule has 19 heavy (non-hydrogen) atoms. The van der Waals surface area contributed by atoms with E-state index in [0.29, 0.717) is 11.0 Å². The van der Waals surface area contributed by atoms with Gasteiger partial charge in [-0.3, -0.25) is 9.78 Å². The third-order valence-corrected chi connectivity index (χ3v) is 4.62. The maximum atomic E-state index is 11.9. The van der Waals surface area contributed by atoms with Crippen molar-refractivity contribution in [3.63, 3.8) is 0 Å². The smallest absolute Gasteiger partial charge is 0.230 e. The summed E-state index contributed by atoms with van der Waals surface area (Å²) in [7, 11) is 0. The van der Waals surface area contributed by atoms with Crippen LogP contribution in [0.2, 0.25) is 0 Å². The Bertz CT molecular complexity index is 393. The molecule has 104 valence electrons. The number of piperidine rings is 1. The number of amides is 1. The van der Waals surface area contributed by atoms with Gasteiger partial charge in [-0.05, 0) is 45.0 Å². The summed E-state index contributed by atoms with van der Waals surface area (Å²) in [6.07, 6.45) is 4.07. The molecule has 1 aliphatic rings. The summed E-state index contributed by atoms with van der Waals surface area (Å²) < 4.78 is 0. The van der Waals surface area contributed by atoms with Gasteiger partial charge in [-0.25, -0.2) is 0 Å². The van der Waals surface area contributed by atoms with E-state index < -0.39 is 0 Å². The Morgan fingerprint density at radius 1 is 1.53 bits per heavy atom. The minimum Gasteiger partial charge on any atom is -0.347 e. The second kappa shape index (κ2) is 7.50. The zero-order valence-corrected chi connectivity index (χ0v) is 12.1. The van der Waals surface area contributed by atoms with Crippen LogP contribution >= 0.6 is 11.8 Å². The monoisotopic (exact) mass is 279 g/mol. The maximum absolute atomic E-state index is 11.9. The normalized spacial score (nSPS) is 17.9. The number of nitrogens with zero attached hydrogens (tertiary/aromatic N) is 1. The Kier molecular flexibility index (Phi) is 5.66. The van der Waals surface area contributed by atoms with Gasteiger partial charge in [0.2, 0.25) is 5.91 Å². The zero-order chi connectivity index (χ0) is 13.5. The number of carbonyl (C=O) groups excluding carboxylic acids is 1. The van der Waals surface area contributed by atoms with Gasteiger partial charge < -0.3 is 10.6 Å². The molecule has 5 heteroatoms. The average molecular weight is 279 g/mol. The fourth-order valence-electron chi connectivity index (χ4n) is 2.14. The Morgan fingerprint density at radius 3 is 3.00 bits per heavy atom. The highest BCUT2D eigenvalue weighted by molar-refractivity contribution is 8.00. The predicted molar refractivity (Wildman–Crippen MR) is 79.1 cm³/mol. The largest absolute Gasteiger partial charge is 0.347 e. The lowest BCUT2D eigenvalue weighted by molar-refractivity contribution is -0.119. The SMILES string of the molecule is C[C@@H](NC(=O)CSC1CCNCC1)c1ccccn1. The Labute approximate surface area is 118 Å².